The normalized spacial score (nSPS) is 12.2. The zero-order valence-corrected chi connectivity index (χ0v) is 8.76. The highest BCUT2D eigenvalue weighted by atomic mass is 28.4. The summed E-state index contributed by atoms with van der Waals surface area (Å²) in [5.74, 6) is 0. The lowest BCUT2D eigenvalue weighted by Crippen LogP contribution is -2.20. The van der Waals surface area contributed by atoms with Crippen LogP contribution in [0.4, 0.5) is 8.22 Å². The van der Waals surface area contributed by atoms with E-state index in [-0.39, 0.29) is 0 Å². The van der Waals surface area contributed by atoms with Crippen molar-refractivity contribution in [3.05, 3.63) is 0 Å². The molecule has 0 saturated carbocycles. The van der Waals surface area contributed by atoms with Gasteiger partial charge in [-0.25, -0.2) is 0 Å². The second-order valence-corrected chi connectivity index (χ2v) is 9.58. The van der Waals surface area contributed by atoms with Crippen molar-refractivity contribution in [1.29, 1.82) is 0 Å². The molecule has 0 nitrogen and oxygen atoms in total. The molecule has 0 aromatic heterocycles. The van der Waals surface area contributed by atoms with Crippen molar-refractivity contribution >= 4 is 16.8 Å². The van der Waals surface area contributed by atoms with Gasteiger partial charge in [0, 0.05) is 0 Å². The van der Waals surface area contributed by atoms with E-state index >= 15 is 0 Å². The Morgan fingerprint density at radius 3 is 1.10 bits per heavy atom. The number of halogens is 2. The summed E-state index contributed by atoms with van der Waals surface area (Å²) in [4.78, 5) is 0. The SMILES string of the molecule is C[Si](C)(F)C#C[Si](C)(C)F. The first-order valence-electron chi connectivity index (χ1n) is 3.13. The van der Waals surface area contributed by atoms with Gasteiger partial charge in [-0.1, -0.05) is 11.1 Å². The minimum absolute atomic E-state index is 1.46. The van der Waals surface area contributed by atoms with Crippen molar-refractivity contribution in [3.8, 4) is 11.1 Å². The van der Waals surface area contributed by atoms with Crippen LogP contribution in [-0.2, 0) is 0 Å². The van der Waals surface area contributed by atoms with E-state index in [0.717, 1.165) is 0 Å². The average Bonchev–Trinajstić information content (AvgIpc) is 1.57. The summed E-state index contributed by atoms with van der Waals surface area (Å²) in [6, 6.07) is 0. The predicted molar refractivity (Wildman–Crippen MR) is 45.0 cm³/mol. The quantitative estimate of drug-likeness (QED) is 0.303. The summed E-state index contributed by atoms with van der Waals surface area (Å²) in [6.45, 7) is 5.83. The predicted octanol–water partition coefficient (Wildman–Crippen LogP) is 2.42. The molecule has 0 aliphatic rings. The van der Waals surface area contributed by atoms with Gasteiger partial charge < -0.3 is 0 Å². The van der Waals surface area contributed by atoms with Crippen molar-refractivity contribution in [2.45, 2.75) is 26.2 Å². The molecule has 4 heteroatoms. The summed E-state index contributed by atoms with van der Waals surface area (Å²) in [5, 5.41) is 0. The molecule has 0 heterocycles. The molecule has 0 spiro atoms. The molecule has 0 amide bonds. The van der Waals surface area contributed by atoms with Crippen LogP contribution in [0.15, 0.2) is 0 Å². The maximum absolute atomic E-state index is 12.7. The molecule has 0 atom stereocenters. The molecular weight excluding hydrogens is 166 g/mol. The van der Waals surface area contributed by atoms with E-state index in [9.17, 15) is 8.22 Å². The Morgan fingerprint density at radius 2 is 1.00 bits per heavy atom. The van der Waals surface area contributed by atoms with Gasteiger partial charge >= 0.3 is 16.8 Å². The first kappa shape index (κ1) is 9.85. The van der Waals surface area contributed by atoms with Crippen LogP contribution in [0.5, 0.6) is 0 Å². The van der Waals surface area contributed by atoms with E-state index in [4.69, 9.17) is 0 Å². The molecule has 0 rings (SSSR count). The van der Waals surface area contributed by atoms with E-state index in [0.29, 0.717) is 0 Å². The van der Waals surface area contributed by atoms with Gasteiger partial charge in [0.15, 0.2) is 0 Å². The van der Waals surface area contributed by atoms with Gasteiger partial charge in [-0.05, 0) is 26.2 Å². The van der Waals surface area contributed by atoms with Crippen LogP contribution in [0, 0.1) is 11.1 Å². The van der Waals surface area contributed by atoms with Gasteiger partial charge in [0.2, 0.25) is 0 Å². The van der Waals surface area contributed by atoms with Crippen LogP contribution in [0.2, 0.25) is 26.2 Å². The second-order valence-electron chi connectivity index (χ2n) is 3.19. The van der Waals surface area contributed by atoms with Crippen LogP contribution in [0.3, 0.4) is 0 Å². The zero-order valence-electron chi connectivity index (χ0n) is 6.76. The van der Waals surface area contributed by atoms with Crippen molar-refractivity contribution in [3.63, 3.8) is 0 Å². The molecule has 0 fully saturated rings. The van der Waals surface area contributed by atoms with Gasteiger partial charge in [0.25, 0.3) is 0 Å². The maximum atomic E-state index is 12.7. The lowest BCUT2D eigenvalue weighted by Gasteiger charge is -2.02. The van der Waals surface area contributed by atoms with Crippen molar-refractivity contribution in [2.24, 2.45) is 0 Å². The summed E-state index contributed by atoms with van der Waals surface area (Å²) in [5.41, 5.74) is 4.74. The molecule has 0 N–H and O–H groups in total. The van der Waals surface area contributed by atoms with Crippen LogP contribution in [-0.4, -0.2) is 16.8 Å². The third kappa shape index (κ3) is 7.85. The highest BCUT2D eigenvalue weighted by Gasteiger charge is 2.20. The van der Waals surface area contributed by atoms with Crippen molar-refractivity contribution in [1.82, 2.24) is 0 Å². The first-order valence-corrected chi connectivity index (χ1v) is 8.88. The Balaban J connectivity index is 4.19. The van der Waals surface area contributed by atoms with Gasteiger partial charge in [-0.2, -0.15) is 0 Å². The van der Waals surface area contributed by atoms with Crippen LogP contribution >= 0.6 is 0 Å². The highest BCUT2D eigenvalue weighted by Crippen LogP contribution is 2.04. The third-order valence-electron chi connectivity index (χ3n) is 0.657. The largest absolute Gasteiger partial charge is 0.316 e. The van der Waals surface area contributed by atoms with Crippen LogP contribution in [0.1, 0.15) is 0 Å². The van der Waals surface area contributed by atoms with Gasteiger partial charge in [0.05, 0.1) is 0 Å². The van der Waals surface area contributed by atoms with Gasteiger partial charge in [-0.3, -0.25) is 8.22 Å². The number of hydrogen-bond donors (Lipinski definition) is 0. The molecule has 0 aromatic carbocycles. The standard InChI is InChI=1S/C6H12F2Si2/c1-9(2,7)5-6-10(3,4)8/h1-4H3. The average molecular weight is 178 g/mol. The second kappa shape index (κ2) is 2.85. The van der Waals surface area contributed by atoms with E-state index in [1.165, 1.54) is 26.2 Å². The number of hydrogen-bond acceptors (Lipinski definition) is 0. The minimum Gasteiger partial charge on any atom is -0.298 e. The van der Waals surface area contributed by atoms with Crippen LogP contribution in [0.25, 0.3) is 0 Å². The zero-order chi connectivity index (χ0) is 8.41. The van der Waals surface area contributed by atoms with Crippen LogP contribution < -0.4 is 0 Å². The molecule has 0 saturated heterocycles. The highest BCUT2D eigenvalue weighted by molar-refractivity contribution is 6.84. The Hall–Kier alpha value is -0.146. The molecule has 0 unspecified atom stereocenters. The summed E-state index contributed by atoms with van der Waals surface area (Å²) < 4.78 is 25.5. The monoisotopic (exact) mass is 178 g/mol. The summed E-state index contributed by atoms with van der Waals surface area (Å²) in [7, 11) is -5.67. The fourth-order valence-corrected chi connectivity index (χ4v) is 2.68. The van der Waals surface area contributed by atoms with Crippen molar-refractivity contribution in [2.75, 3.05) is 0 Å². The van der Waals surface area contributed by atoms with E-state index in [1.807, 2.05) is 0 Å². The molecule has 0 aromatic rings. The third-order valence-corrected chi connectivity index (χ3v) is 2.35. The Bertz CT molecular complexity index is 147. The number of rotatable bonds is 0. The molecule has 58 valence electrons. The Labute approximate surface area is 63.0 Å². The molecule has 0 bridgehead atoms. The van der Waals surface area contributed by atoms with E-state index < -0.39 is 16.8 Å². The topological polar surface area (TPSA) is 0 Å². The van der Waals surface area contributed by atoms with Crippen molar-refractivity contribution < 1.29 is 8.22 Å². The Morgan fingerprint density at radius 1 is 0.800 bits per heavy atom. The smallest absolute Gasteiger partial charge is 0.298 e. The fraction of sp³-hybridized carbons (Fsp3) is 0.667. The van der Waals surface area contributed by atoms with Gasteiger partial charge in [0.1, 0.15) is 0 Å². The molecule has 0 aliphatic heterocycles. The first-order chi connectivity index (χ1) is 4.21. The van der Waals surface area contributed by atoms with E-state index in [1.54, 1.807) is 0 Å². The van der Waals surface area contributed by atoms with Gasteiger partial charge in [-0.15, -0.1) is 0 Å². The lowest BCUT2D eigenvalue weighted by molar-refractivity contribution is 0.819. The van der Waals surface area contributed by atoms with E-state index in [2.05, 4.69) is 11.1 Å². The maximum Gasteiger partial charge on any atom is 0.316 e. The molecular formula is C6H12F2Si2. The minimum atomic E-state index is -2.83. The summed E-state index contributed by atoms with van der Waals surface area (Å²) >= 11 is 0. The Kier molecular flexibility index (Phi) is 2.80. The molecule has 0 aliphatic carbocycles. The fourth-order valence-electron chi connectivity index (χ4n) is 0.297. The molecule has 10 heavy (non-hydrogen) atoms. The lowest BCUT2D eigenvalue weighted by atomic mass is 11.4. The summed E-state index contributed by atoms with van der Waals surface area (Å²) in [6.07, 6.45) is 0. The molecule has 0 radical (unpaired) electrons.